The van der Waals surface area contributed by atoms with Crippen LogP contribution in [0.15, 0.2) is 0 Å². The highest BCUT2D eigenvalue weighted by atomic mass is 16.5. The van der Waals surface area contributed by atoms with Crippen molar-refractivity contribution in [2.45, 2.75) is 51.2 Å². The van der Waals surface area contributed by atoms with Gasteiger partial charge in [0, 0.05) is 6.61 Å². The Morgan fingerprint density at radius 2 is 2.15 bits per heavy atom. The Kier molecular flexibility index (Phi) is 2.89. The molecule has 1 saturated heterocycles. The monoisotopic (exact) mass is 184 g/mol. The highest BCUT2D eigenvalue weighted by Crippen LogP contribution is 2.33. The van der Waals surface area contributed by atoms with Crippen molar-refractivity contribution in [1.82, 2.24) is 0 Å². The molecule has 1 aliphatic heterocycles. The van der Waals surface area contributed by atoms with E-state index in [9.17, 15) is 5.11 Å². The fourth-order valence-corrected chi connectivity index (χ4v) is 2.41. The van der Waals surface area contributed by atoms with E-state index < -0.39 is 0 Å². The summed E-state index contributed by atoms with van der Waals surface area (Å²) in [7, 11) is 0. The first-order valence-corrected chi connectivity index (χ1v) is 5.57. The molecule has 2 heteroatoms. The molecule has 0 aromatic heterocycles. The van der Waals surface area contributed by atoms with Crippen LogP contribution in [-0.2, 0) is 4.74 Å². The van der Waals surface area contributed by atoms with Crippen LogP contribution in [0.3, 0.4) is 0 Å². The van der Waals surface area contributed by atoms with E-state index in [1.165, 1.54) is 19.3 Å². The molecule has 0 radical (unpaired) electrons. The van der Waals surface area contributed by atoms with Gasteiger partial charge in [-0.1, -0.05) is 26.2 Å². The molecule has 1 heterocycles. The number of aliphatic hydroxyl groups is 1. The largest absolute Gasteiger partial charge is 0.390 e. The predicted octanol–water partition coefficient (Wildman–Crippen LogP) is 1.96. The lowest BCUT2D eigenvalue weighted by molar-refractivity contribution is -0.0325. The summed E-state index contributed by atoms with van der Waals surface area (Å²) in [4.78, 5) is 0. The molecule has 76 valence electrons. The fraction of sp³-hybridized carbons (Fsp3) is 1.00. The Morgan fingerprint density at radius 1 is 1.38 bits per heavy atom. The van der Waals surface area contributed by atoms with Gasteiger partial charge in [0.15, 0.2) is 0 Å². The zero-order valence-corrected chi connectivity index (χ0v) is 8.41. The SMILES string of the molecule is CC1CCOC1C(O)CC1CCC1. The third-order valence-corrected chi connectivity index (χ3v) is 3.62. The van der Waals surface area contributed by atoms with Gasteiger partial charge in [0.25, 0.3) is 0 Å². The molecule has 0 aromatic carbocycles. The smallest absolute Gasteiger partial charge is 0.0860 e. The van der Waals surface area contributed by atoms with E-state index in [4.69, 9.17) is 4.74 Å². The van der Waals surface area contributed by atoms with Crippen molar-refractivity contribution in [3.63, 3.8) is 0 Å². The maximum absolute atomic E-state index is 9.93. The van der Waals surface area contributed by atoms with Gasteiger partial charge in [0.1, 0.15) is 0 Å². The van der Waals surface area contributed by atoms with Gasteiger partial charge in [-0.2, -0.15) is 0 Å². The molecule has 13 heavy (non-hydrogen) atoms. The fourth-order valence-electron chi connectivity index (χ4n) is 2.41. The molecule has 2 rings (SSSR count). The molecule has 0 amide bonds. The Morgan fingerprint density at radius 3 is 2.62 bits per heavy atom. The highest BCUT2D eigenvalue weighted by molar-refractivity contribution is 4.83. The lowest BCUT2D eigenvalue weighted by atomic mass is 9.79. The number of hydrogen-bond donors (Lipinski definition) is 1. The summed E-state index contributed by atoms with van der Waals surface area (Å²) in [6, 6.07) is 0. The first-order valence-electron chi connectivity index (χ1n) is 5.57. The van der Waals surface area contributed by atoms with E-state index in [-0.39, 0.29) is 12.2 Å². The quantitative estimate of drug-likeness (QED) is 0.726. The van der Waals surface area contributed by atoms with Crippen molar-refractivity contribution in [3.8, 4) is 0 Å². The van der Waals surface area contributed by atoms with E-state index in [0.29, 0.717) is 5.92 Å². The van der Waals surface area contributed by atoms with Crippen LogP contribution in [0.2, 0.25) is 0 Å². The molecule has 1 aliphatic carbocycles. The second-order valence-electron chi connectivity index (χ2n) is 4.70. The van der Waals surface area contributed by atoms with E-state index >= 15 is 0 Å². The van der Waals surface area contributed by atoms with Gasteiger partial charge in [-0.15, -0.1) is 0 Å². The van der Waals surface area contributed by atoms with Crippen molar-refractivity contribution in [2.24, 2.45) is 11.8 Å². The van der Waals surface area contributed by atoms with Crippen LogP contribution in [0.5, 0.6) is 0 Å². The Labute approximate surface area is 80.3 Å². The van der Waals surface area contributed by atoms with Crippen LogP contribution in [-0.4, -0.2) is 23.9 Å². The van der Waals surface area contributed by atoms with Crippen molar-refractivity contribution >= 4 is 0 Å². The van der Waals surface area contributed by atoms with E-state index in [0.717, 1.165) is 25.4 Å². The topological polar surface area (TPSA) is 29.5 Å². The first-order chi connectivity index (χ1) is 6.27. The van der Waals surface area contributed by atoms with Gasteiger partial charge in [-0.3, -0.25) is 0 Å². The van der Waals surface area contributed by atoms with Crippen molar-refractivity contribution in [3.05, 3.63) is 0 Å². The van der Waals surface area contributed by atoms with Crippen LogP contribution in [0, 0.1) is 11.8 Å². The molecule has 1 saturated carbocycles. The molecule has 0 spiro atoms. The van der Waals surface area contributed by atoms with Crippen LogP contribution in [0.25, 0.3) is 0 Å². The number of rotatable bonds is 3. The normalized spacial score (nSPS) is 37.4. The van der Waals surface area contributed by atoms with Crippen molar-refractivity contribution in [1.29, 1.82) is 0 Å². The zero-order valence-electron chi connectivity index (χ0n) is 8.41. The third-order valence-electron chi connectivity index (χ3n) is 3.62. The third kappa shape index (κ3) is 2.05. The average molecular weight is 184 g/mol. The number of ether oxygens (including phenoxy) is 1. The van der Waals surface area contributed by atoms with Crippen LogP contribution >= 0.6 is 0 Å². The summed E-state index contributed by atoms with van der Waals surface area (Å²) in [5, 5.41) is 9.93. The number of aliphatic hydroxyl groups excluding tert-OH is 1. The molecule has 2 nitrogen and oxygen atoms in total. The van der Waals surface area contributed by atoms with Gasteiger partial charge >= 0.3 is 0 Å². The Bertz CT molecular complexity index is 165. The number of hydrogen-bond acceptors (Lipinski definition) is 2. The van der Waals surface area contributed by atoms with Crippen LogP contribution in [0.4, 0.5) is 0 Å². The molecule has 3 unspecified atom stereocenters. The Hall–Kier alpha value is -0.0800. The van der Waals surface area contributed by atoms with Gasteiger partial charge in [0.2, 0.25) is 0 Å². The standard InChI is InChI=1S/C11H20O2/c1-8-5-6-13-11(8)10(12)7-9-3-2-4-9/h8-12H,2-7H2,1H3. The molecule has 2 aliphatic rings. The van der Waals surface area contributed by atoms with E-state index in [2.05, 4.69) is 6.92 Å². The minimum absolute atomic E-state index is 0.126. The minimum atomic E-state index is -0.206. The van der Waals surface area contributed by atoms with Crippen LogP contribution in [0.1, 0.15) is 39.0 Å². The van der Waals surface area contributed by atoms with Crippen LogP contribution < -0.4 is 0 Å². The molecule has 0 bridgehead atoms. The van der Waals surface area contributed by atoms with E-state index in [1.54, 1.807) is 0 Å². The van der Waals surface area contributed by atoms with Gasteiger partial charge in [-0.05, 0) is 24.7 Å². The highest BCUT2D eigenvalue weighted by Gasteiger charge is 2.33. The second-order valence-corrected chi connectivity index (χ2v) is 4.70. The molecular formula is C11H20O2. The Balaban J connectivity index is 1.77. The first kappa shape index (κ1) is 9.47. The molecule has 2 fully saturated rings. The zero-order chi connectivity index (χ0) is 9.26. The molecule has 3 atom stereocenters. The van der Waals surface area contributed by atoms with Gasteiger partial charge < -0.3 is 9.84 Å². The summed E-state index contributed by atoms with van der Waals surface area (Å²) in [6.45, 7) is 3.02. The predicted molar refractivity (Wildman–Crippen MR) is 51.5 cm³/mol. The van der Waals surface area contributed by atoms with Gasteiger partial charge in [-0.25, -0.2) is 0 Å². The average Bonchev–Trinajstić information content (AvgIpc) is 2.43. The van der Waals surface area contributed by atoms with Crippen molar-refractivity contribution < 1.29 is 9.84 Å². The summed E-state index contributed by atoms with van der Waals surface area (Å²) < 4.78 is 5.55. The van der Waals surface area contributed by atoms with Crippen molar-refractivity contribution in [2.75, 3.05) is 6.61 Å². The summed E-state index contributed by atoms with van der Waals surface area (Å²) >= 11 is 0. The van der Waals surface area contributed by atoms with Gasteiger partial charge in [0.05, 0.1) is 12.2 Å². The summed E-state index contributed by atoms with van der Waals surface area (Å²) in [6.07, 6.45) is 6.00. The lowest BCUT2D eigenvalue weighted by Gasteiger charge is -2.30. The molecular weight excluding hydrogens is 164 g/mol. The second kappa shape index (κ2) is 3.97. The minimum Gasteiger partial charge on any atom is -0.390 e. The lowest BCUT2D eigenvalue weighted by Crippen LogP contribution is -2.33. The maximum atomic E-state index is 9.93. The summed E-state index contributed by atoms with van der Waals surface area (Å²) in [5.41, 5.74) is 0. The summed E-state index contributed by atoms with van der Waals surface area (Å²) in [5.74, 6) is 1.33. The molecule has 0 aromatic rings. The molecule has 1 N–H and O–H groups in total. The maximum Gasteiger partial charge on any atom is 0.0860 e. The van der Waals surface area contributed by atoms with E-state index in [1.807, 2.05) is 0 Å².